The predicted molar refractivity (Wildman–Crippen MR) is 121 cm³/mol. The van der Waals surface area contributed by atoms with E-state index in [0.29, 0.717) is 27.6 Å². The van der Waals surface area contributed by atoms with Crippen LogP contribution in [0.3, 0.4) is 0 Å². The molecule has 1 aliphatic rings. The standard InChI is InChI=1S/C24H18ClN3O2/c1-16-22(24(30)28(27-16)21-8-3-2-4-9-21)14-17-10-12-20(13-11-17)26-23(29)18-6-5-7-19(25)15-18/h2-15H,1H3,(H,26,29)/b22-14-. The predicted octanol–water partition coefficient (Wildman–Crippen LogP) is 5.40. The van der Waals surface area contributed by atoms with Crippen LogP contribution in [0, 0.1) is 0 Å². The number of halogens is 1. The van der Waals surface area contributed by atoms with Crippen LogP contribution in [-0.2, 0) is 4.79 Å². The van der Waals surface area contributed by atoms with E-state index in [1.807, 2.05) is 49.4 Å². The van der Waals surface area contributed by atoms with Crippen LogP contribution in [0.25, 0.3) is 6.08 Å². The highest BCUT2D eigenvalue weighted by Gasteiger charge is 2.28. The molecule has 30 heavy (non-hydrogen) atoms. The number of carbonyl (C=O) groups is 2. The van der Waals surface area contributed by atoms with Crippen molar-refractivity contribution in [1.82, 2.24) is 0 Å². The minimum atomic E-state index is -0.240. The highest BCUT2D eigenvalue weighted by molar-refractivity contribution is 6.32. The number of amides is 2. The number of hydrogen-bond acceptors (Lipinski definition) is 3. The molecule has 1 heterocycles. The maximum Gasteiger partial charge on any atom is 0.280 e. The lowest BCUT2D eigenvalue weighted by atomic mass is 10.1. The van der Waals surface area contributed by atoms with Gasteiger partial charge in [-0.15, -0.1) is 0 Å². The molecule has 0 bridgehead atoms. The van der Waals surface area contributed by atoms with Crippen LogP contribution in [0.2, 0.25) is 5.02 Å². The van der Waals surface area contributed by atoms with Gasteiger partial charge in [0.2, 0.25) is 0 Å². The third-order valence-corrected chi connectivity index (χ3v) is 4.86. The molecule has 0 aromatic heterocycles. The summed E-state index contributed by atoms with van der Waals surface area (Å²) in [6, 6.07) is 23.3. The molecule has 148 valence electrons. The van der Waals surface area contributed by atoms with Gasteiger partial charge in [-0.3, -0.25) is 9.59 Å². The number of benzene rings is 3. The molecule has 0 unspecified atom stereocenters. The average molecular weight is 416 g/mol. The molecular weight excluding hydrogens is 398 g/mol. The van der Waals surface area contributed by atoms with Gasteiger partial charge in [-0.05, 0) is 61.0 Å². The Labute approximate surface area is 179 Å². The van der Waals surface area contributed by atoms with E-state index < -0.39 is 0 Å². The summed E-state index contributed by atoms with van der Waals surface area (Å²) in [6.45, 7) is 1.81. The molecule has 5 nitrogen and oxygen atoms in total. The summed E-state index contributed by atoms with van der Waals surface area (Å²) in [5.74, 6) is -0.409. The van der Waals surface area contributed by atoms with Crippen molar-refractivity contribution in [2.45, 2.75) is 6.92 Å². The molecule has 6 heteroatoms. The van der Waals surface area contributed by atoms with Gasteiger partial charge in [0.25, 0.3) is 11.8 Å². The summed E-state index contributed by atoms with van der Waals surface area (Å²) in [4.78, 5) is 25.1. The number of rotatable bonds is 4. The van der Waals surface area contributed by atoms with E-state index in [4.69, 9.17) is 11.6 Å². The number of nitrogens with one attached hydrogen (secondary N) is 1. The molecule has 0 spiro atoms. The first-order valence-corrected chi connectivity index (χ1v) is 9.73. The first-order valence-electron chi connectivity index (χ1n) is 9.35. The molecule has 3 aromatic carbocycles. The first kappa shape index (κ1) is 19.6. The summed E-state index contributed by atoms with van der Waals surface area (Å²) >= 11 is 5.94. The smallest absolute Gasteiger partial charge is 0.280 e. The topological polar surface area (TPSA) is 61.8 Å². The summed E-state index contributed by atoms with van der Waals surface area (Å²) < 4.78 is 0. The van der Waals surface area contributed by atoms with Crippen molar-refractivity contribution in [3.05, 3.63) is 101 Å². The summed E-state index contributed by atoms with van der Waals surface area (Å²) in [5, 5.41) is 9.12. The molecule has 0 fully saturated rings. The zero-order valence-electron chi connectivity index (χ0n) is 16.2. The Morgan fingerprint density at radius 3 is 2.43 bits per heavy atom. The Morgan fingerprint density at radius 2 is 1.73 bits per heavy atom. The molecule has 3 aromatic rings. The zero-order valence-corrected chi connectivity index (χ0v) is 16.9. The molecule has 0 aliphatic carbocycles. The van der Waals surface area contributed by atoms with Crippen LogP contribution < -0.4 is 10.3 Å². The molecule has 1 N–H and O–H groups in total. The van der Waals surface area contributed by atoms with Crippen molar-refractivity contribution in [1.29, 1.82) is 0 Å². The number of para-hydroxylation sites is 1. The highest BCUT2D eigenvalue weighted by Crippen LogP contribution is 2.25. The Hall–Kier alpha value is -3.70. The highest BCUT2D eigenvalue weighted by atomic mass is 35.5. The van der Waals surface area contributed by atoms with Crippen LogP contribution in [0.5, 0.6) is 0 Å². The maximum atomic E-state index is 12.8. The second kappa shape index (κ2) is 8.35. The third-order valence-electron chi connectivity index (χ3n) is 4.63. The van der Waals surface area contributed by atoms with Gasteiger partial charge >= 0.3 is 0 Å². The Kier molecular flexibility index (Phi) is 5.46. The fourth-order valence-electron chi connectivity index (χ4n) is 3.09. The molecule has 0 atom stereocenters. The molecule has 0 saturated heterocycles. The molecule has 4 rings (SSSR count). The van der Waals surface area contributed by atoms with Gasteiger partial charge in [-0.25, -0.2) is 0 Å². The van der Waals surface area contributed by atoms with E-state index in [-0.39, 0.29) is 11.8 Å². The molecular formula is C24H18ClN3O2. The van der Waals surface area contributed by atoms with Crippen molar-refractivity contribution in [3.8, 4) is 0 Å². The molecule has 2 amide bonds. The van der Waals surface area contributed by atoms with E-state index in [0.717, 1.165) is 11.3 Å². The second-order valence-electron chi connectivity index (χ2n) is 6.78. The van der Waals surface area contributed by atoms with Gasteiger partial charge < -0.3 is 5.32 Å². The molecule has 1 aliphatic heterocycles. The lowest BCUT2D eigenvalue weighted by Gasteiger charge is -2.11. The van der Waals surface area contributed by atoms with Crippen LogP contribution in [-0.4, -0.2) is 17.5 Å². The number of anilines is 2. The number of nitrogens with zero attached hydrogens (tertiary/aromatic N) is 2. The SMILES string of the molecule is CC1=NN(c2ccccc2)C(=O)/C1=C\c1ccc(NC(=O)c2cccc(Cl)c2)cc1. The van der Waals surface area contributed by atoms with Crippen LogP contribution in [0.1, 0.15) is 22.8 Å². The number of hydrazone groups is 1. The molecule has 0 radical (unpaired) electrons. The van der Waals surface area contributed by atoms with Gasteiger partial charge in [0.1, 0.15) is 0 Å². The van der Waals surface area contributed by atoms with Crippen molar-refractivity contribution in [3.63, 3.8) is 0 Å². The van der Waals surface area contributed by atoms with Gasteiger partial charge in [-0.1, -0.05) is 48.0 Å². The fourth-order valence-corrected chi connectivity index (χ4v) is 3.28. The Morgan fingerprint density at radius 1 is 1.00 bits per heavy atom. The van der Waals surface area contributed by atoms with Crippen molar-refractivity contribution >= 4 is 46.6 Å². The lowest BCUT2D eigenvalue weighted by Crippen LogP contribution is -2.21. The maximum absolute atomic E-state index is 12.8. The van der Waals surface area contributed by atoms with E-state index >= 15 is 0 Å². The Balaban J connectivity index is 1.49. The van der Waals surface area contributed by atoms with Gasteiger partial charge in [0.15, 0.2) is 0 Å². The van der Waals surface area contributed by atoms with Crippen LogP contribution >= 0.6 is 11.6 Å². The number of carbonyl (C=O) groups excluding carboxylic acids is 2. The lowest BCUT2D eigenvalue weighted by molar-refractivity contribution is -0.114. The van der Waals surface area contributed by atoms with E-state index in [1.165, 1.54) is 5.01 Å². The fraction of sp³-hybridized carbons (Fsp3) is 0.0417. The van der Waals surface area contributed by atoms with Gasteiger partial charge in [0, 0.05) is 16.3 Å². The van der Waals surface area contributed by atoms with E-state index in [1.54, 1.807) is 42.5 Å². The summed E-state index contributed by atoms with van der Waals surface area (Å²) in [5.41, 5.74) is 3.89. The van der Waals surface area contributed by atoms with Crippen molar-refractivity contribution < 1.29 is 9.59 Å². The van der Waals surface area contributed by atoms with Crippen LogP contribution in [0.4, 0.5) is 11.4 Å². The minimum Gasteiger partial charge on any atom is -0.322 e. The second-order valence-corrected chi connectivity index (χ2v) is 7.22. The van der Waals surface area contributed by atoms with Gasteiger partial charge in [0.05, 0.1) is 17.0 Å². The summed E-state index contributed by atoms with van der Waals surface area (Å²) in [6.07, 6.45) is 1.80. The average Bonchev–Trinajstić information content (AvgIpc) is 3.04. The monoisotopic (exact) mass is 415 g/mol. The quantitative estimate of drug-likeness (QED) is 0.580. The zero-order chi connectivity index (χ0) is 21.1. The van der Waals surface area contributed by atoms with Gasteiger partial charge in [-0.2, -0.15) is 10.1 Å². The van der Waals surface area contributed by atoms with Crippen molar-refractivity contribution in [2.24, 2.45) is 5.10 Å². The molecule has 0 saturated carbocycles. The van der Waals surface area contributed by atoms with E-state index in [2.05, 4.69) is 10.4 Å². The number of hydrogen-bond donors (Lipinski definition) is 1. The normalized spacial score (nSPS) is 14.7. The first-order chi connectivity index (χ1) is 14.5. The van der Waals surface area contributed by atoms with Crippen LogP contribution in [0.15, 0.2) is 89.5 Å². The van der Waals surface area contributed by atoms with E-state index in [9.17, 15) is 9.59 Å². The summed E-state index contributed by atoms with van der Waals surface area (Å²) in [7, 11) is 0. The Bertz CT molecular complexity index is 1170. The third kappa shape index (κ3) is 4.16. The minimum absolute atomic E-state index is 0.169. The van der Waals surface area contributed by atoms with Crippen molar-refractivity contribution in [2.75, 3.05) is 10.3 Å². The largest absolute Gasteiger partial charge is 0.322 e.